The van der Waals surface area contributed by atoms with Crippen molar-refractivity contribution in [3.63, 3.8) is 0 Å². The van der Waals surface area contributed by atoms with Crippen molar-refractivity contribution in [1.82, 2.24) is 9.80 Å². The summed E-state index contributed by atoms with van der Waals surface area (Å²) < 4.78 is 0. The minimum Gasteiger partial charge on any atom is -0.341 e. The maximum absolute atomic E-state index is 13.7. The van der Waals surface area contributed by atoms with Crippen molar-refractivity contribution in [1.29, 1.82) is 0 Å². The zero-order chi connectivity index (χ0) is 18.4. The molecule has 4 rings (SSSR count). The third kappa shape index (κ3) is 2.61. The van der Waals surface area contributed by atoms with E-state index < -0.39 is 5.41 Å². The molecule has 1 saturated heterocycles. The Morgan fingerprint density at radius 3 is 2.46 bits per heavy atom. The molecule has 0 aromatic heterocycles. The van der Waals surface area contributed by atoms with E-state index in [1.165, 1.54) is 12.0 Å². The Morgan fingerprint density at radius 2 is 1.81 bits per heavy atom. The Morgan fingerprint density at radius 1 is 1.12 bits per heavy atom. The number of piperidine rings is 1. The molecule has 2 atom stereocenters. The van der Waals surface area contributed by atoms with Gasteiger partial charge >= 0.3 is 0 Å². The summed E-state index contributed by atoms with van der Waals surface area (Å²) >= 11 is 0. The smallest absolute Gasteiger partial charge is 0.237 e. The topological polar surface area (TPSA) is 40.6 Å². The van der Waals surface area contributed by atoms with Crippen LogP contribution in [0.5, 0.6) is 0 Å². The summed E-state index contributed by atoms with van der Waals surface area (Å²) in [6, 6.07) is 10.4. The van der Waals surface area contributed by atoms with E-state index in [1.807, 2.05) is 30.0 Å². The van der Waals surface area contributed by atoms with E-state index >= 15 is 0 Å². The number of amides is 1. The molecular formula is C22H30N2O2. The van der Waals surface area contributed by atoms with Crippen LogP contribution >= 0.6 is 0 Å². The van der Waals surface area contributed by atoms with Crippen LogP contribution in [-0.4, -0.2) is 47.7 Å². The van der Waals surface area contributed by atoms with Crippen molar-refractivity contribution in [2.75, 3.05) is 20.1 Å². The third-order valence-corrected chi connectivity index (χ3v) is 6.97. The number of nitrogens with zero attached hydrogens (tertiary/aromatic N) is 2. The standard InChI is InChI=1S/C22H30N2O2/c1-3-24-16-21(12-8-5-9-13-21)19(25)22(20(24)26)14-18(22)23(2)15-17-10-6-4-7-11-17/h4,6-7,10-11,18H,3,5,8-9,12-16H2,1-2H3. The van der Waals surface area contributed by atoms with Crippen LogP contribution in [-0.2, 0) is 16.1 Å². The fourth-order valence-corrected chi connectivity index (χ4v) is 5.46. The molecule has 1 heterocycles. The summed E-state index contributed by atoms with van der Waals surface area (Å²) in [7, 11) is 2.06. The first-order valence-electron chi connectivity index (χ1n) is 10.1. The van der Waals surface area contributed by atoms with Gasteiger partial charge in [-0.1, -0.05) is 49.6 Å². The van der Waals surface area contributed by atoms with Gasteiger partial charge in [-0.05, 0) is 38.8 Å². The molecule has 1 aromatic rings. The second-order valence-corrected chi connectivity index (χ2v) is 8.58. The number of benzene rings is 1. The van der Waals surface area contributed by atoms with Gasteiger partial charge in [-0.25, -0.2) is 0 Å². The molecule has 2 spiro atoms. The molecule has 140 valence electrons. The molecule has 3 fully saturated rings. The van der Waals surface area contributed by atoms with Crippen molar-refractivity contribution >= 4 is 11.7 Å². The third-order valence-electron chi connectivity index (χ3n) is 6.97. The van der Waals surface area contributed by atoms with Crippen molar-refractivity contribution in [3.05, 3.63) is 35.9 Å². The largest absolute Gasteiger partial charge is 0.341 e. The molecule has 1 aromatic carbocycles. The molecule has 2 unspecified atom stereocenters. The van der Waals surface area contributed by atoms with Crippen LogP contribution in [0.3, 0.4) is 0 Å². The predicted octanol–water partition coefficient (Wildman–Crippen LogP) is 3.26. The first-order valence-corrected chi connectivity index (χ1v) is 10.1. The number of carbonyl (C=O) groups is 2. The van der Waals surface area contributed by atoms with Gasteiger partial charge in [0.15, 0.2) is 5.78 Å². The Labute approximate surface area is 156 Å². The highest BCUT2D eigenvalue weighted by Gasteiger charge is 2.73. The lowest BCUT2D eigenvalue weighted by molar-refractivity contribution is -0.160. The Balaban J connectivity index is 1.59. The fraction of sp³-hybridized carbons (Fsp3) is 0.636. The van der Waals surface area contributed by atoms with Gasteiger partial charge in [-0.15, -0.1) is 0 Å². The maximum atomic E-state index is 13.7. The van der Waals surface area contributed by atoms with Crippen LogP contribution in [0, 0.1) is 10.8 Å². The van der Waals surface area contributed by atoms with Crippen LogP contribution < -0.4 is 0 Å². The van der Waals surface area contributed by atoms with Crippen molar-refractivity contribution in [3.8, 4) is 0 Å². The normalized spacial score (nSPS) is 30.4. The Hall–Kier alpha value is -1.68. The Kier molecular flexibility index (Phi) is 4.42. The van der Waals surface area contributed by atoms with E-state index in [4.69, 9.17) is 0 Å². The maximum Gasteiger partial charge on any atom is 0.237 e. The average molecular weight is 354 g/mol. The molecule has 4 nitrogen and oxygen atoms in total. The molecule has 3 aliphatic rings. The van der Waals surface area contributed by atoms with Crippen LogP contribution in [0.2, 0.25) is 0 Å². The molecule has 2 aliphatic carbocycles. The number of Topliss-reactive ketones (excluding diaryl/α,β-unsaturated/α-hetero) is 1. The summed E-state index contributed by atoms with van der Waals surface area (Å²) in [5.41, 5.74) is 0.187. The molecule has 0 bridgehead atoms. The highest BCUT2D eigenvalue weighted by atomic mass is 16.2. The summed E-state index contributed by atoms with van der Waals surface area (Å²) in [5.74, 6) is 0.357. The van der Waals surface area contributed by atoms with E-state index in [0.717, 1.165) is 32.2 Å². The van der Waals surface area contributed by atoms with Gasteiger partial charge in [0.25, 0.3) is 0 Å². The number of hydrogen-bond donors (Lipinski definition) is 0. The van der Waals surface area contributed by atoms with Gasteiger partial charge in [-0.3, -0.25) is 14.5 Å². The lowest BCUT2D eigenvalue weighted by atomic mass is 9.64. The van der Waals surface area contributed by atoms with Gasteiger partial charge in [0.2, 0.25) is 5.91 Å². The SMILES string of the molecule is CCN1CC2(CCCCC2)C(=O)C2(CC2N(C)Cc2ccccc2)C1=O. The minimum absolute atomic E-state index is 0.0517. The van der Waals surface area contributed by atoms with E-state index in [-0.39, 0.29) is 23.1 Å². The van der Waals surface area contributed by atoms with Gasteiger partial charge in [0.1, 0.15) is 5.41 Å². The van der Waals surface area contributed by atoms with E-state index in [9.17, 15) is 9.59 Å². The molecule has 1 aliphatic heterocycles. The van der Waals surface area contributed by atoms with Gasteiger partial charge in [-0.2, -0.15) is 0 Å². The number of ketones is 1. The molecule has 26 heavy (non-hydrogen) atoms. The molecule has 0 radical (unpaired) electrons. The van der Waals surface area contributed by atoms with E-state index in [0.29, 0.717) is 19.5 Å². The van der Waals surface area contributed by atoms with Gasteiger partial charge < -0.3 is 4.90 Å². The van der Waals surface area contributed by atoms with Crippen LogP contribution in [0.4, 0.5) is 0 Å². The van der Waals surface area contributed by atoms with Crippen LogP contribution in [0.15, 0.2) is 30.3 Å². The van der Waals surface area contributed by atoms with E-state index in [1.54, 1.807) is 0 Å². The van der Waals surface area contributed by atoms with Gasteiger partial charge in [0.05, 0.1) is 0 Å². The number of hydrogen-bond acceptors (Lipinski definition) is 3. The second-order valence-electron chi connectivity index (χ2n) is 8.58. The quantitative estimate of drug-likeness (QED) is 0.779. The number of carbonyl (C=O) groups excluding carboxylic acids is 2. The van der Waals surface area contributed by atoms with E-state index in [2.05, 4.69) is 24.1 Å². The minimum atomic E-state index is -0.769. The highest BCUT2D eigenvalue weighted by Crippen LogP contribution is 2.59. The average Bonchev–Trinajstić information content (AvgIpc) is 3.42. The first kappa shape index (κ1) is 17.7. The molecule has 4 heteroatoms. The lowest BCUT2D eigenvalue weighted by Gasteiger charge is -2.47. The zero-order valence-corrected chi connectivity index (χ0v) is 16.0. The van der Waals surface area contributed by atoms with Crippen molar-refractivity contribution in [2.45, 2.75) is 58.0 Å². The zero-order valence-electron chi connectivity index (χ0n) is 16.0. The highest BCUT2D eigenvalue weighted by molar-refractivity contribution is 6.14. The summed E-state index contributed by atoms with van der Waals surface area (Å²) in [4.78, 5) is 31.1. The van der Waals surface area contributed by atoms with Crippen LogP contribution in [0.1, 0.15) is 51.0 Å². The van der Waals surface area contributed by atoms with Gasteiger partial charge in [0, 0.05) is 31.1 Å². The van der Waals surface area contributed by atoms with Crippen LogP contribution in [0.25, 0.3) is 0 Å². The number of rotatable bonds is 4. The molecule has 0 N–H and O–H groups in total. The summed E-state index contributed by atoms with van der Waals surface area (Å²) in [5, 5.41) is 0. The monoisotopic (exact) mass is 354 g/mol. The van der Waals surface area contributed by atoms with Crippen molar-refractivity contribution in [2.24, 2.45) is 10.8 Å². The molecule has 1 amide bonds. The van der Waals surface area contributed by atoms with Crippen molar-refractivity contribution < 1.29 is 9.59 Å². The number of likely N-dealkylation sites (tertiary alicyclic amines) is 1. The first-order chi connectivity index (χ1) is 12.5. The fourth-order valence-electron chi connectivity index (χ4n) is 5.46. The predicted molar refractivity (Wildman–Crippen MR) is 102 cm³/mol. The second kappa shape index (κ2) is 6.49. The summed E-state index contributed by atoms with van der Waals surface area (Å²) in [6.45, 7) is 4.19. The Bertz CT molecular complexity index is 695. The molecular weight excluding hydrogens is 324 g/mol. The lowest BCUT2D eigenvalue weighted by Crippen LogP contribution is -2.60. The molecule has 2 saturated carbocycles. The summed E-state index contributed by atoms with van der Waals surface area (Å²) in [6.07, 6.45) is 6.10.